The molecule has 13 atom stereocenters. The SMILES string of the molecule is CCCCCC(=O)CCC1CCC(=O)[C@@H]1C/C=C\CCCC(=O)OC.CCCCCC(=O)CCC1[C@H](S)CC(=O)[C@@H]1C/C=C\CCCC(=O)OC.CCCCCC1(O)CC[C@H]2[C@@H](CC(=O)[C@@H]2C/C=C\CCCC(=O)OC)S1.CCCCCCCOCCOCCC1[C@H](O)C[C@H](O)[C@@H]1C/C=C\CCCC(=O)OC.CO. The van der Waals surface area contributed by atoms with Crippen molar-refractivity contribution >= 4 is 77.2 Å². The molecule has 1 heterocycles. The highest BCUT2D eigenvalue weighted by Crippen LogP contribution is 2.53. The summed E-state index contributed by atoms with van der Waals surface area (Å²) < 4.78 is 29.8. The molecule has 628 valence electrons. The Kier molecular flexibility index (Phi) is 62.1. The molecule has 19 nitrogen and oxygen atoms in total. The second-order valence-corrected chi connectivity index (χ2v) is 32.6. The summed E-state index contributed by atoms with van der Waals surface area (Å²) >= 11 is 6.27. The molecule has 0 aromatic heterocycles. The molecule has 0 amide bonds. The van der Waals surface area contributed by atoms with Crippen molar-refractivity contribution in [1.29, 1.82) is 0 Å². The molecule has 1 aliphatic heterocycles. The Hall–Kier alpha value is -4.35. The van der Waals surface area contributed by atoms with Gasteiger partial charge >= 0.3 is 23.9 Å². The second-order valence-electron chi connectivity index (χ2n) is 30.3. The third kappa shape index (κ3) is 47.2. The van der Waals surface area contributed by atoms with Crippen LogP contribution in [0.1, 0.15) is 317 Å². The summed E-state index contributed by atoms with van der Waals surface area (Å²) in [6.07, 6.45) is 53.5. The lowest BCUT2D eigenvalue weighted by molar-refractivity contribution is -0.141. The molecular formula is C88H150O19S2. The van der Waals surface area contributed by atoms with Gasteiger partial charge in [-0.1, -0.05) is 141 Å². The number of thioether (sulfide) groups is 1. The fourth-order valence-electron chi connectivity index (χ4n) is 15.4. The lowest BCUT2D eigenvalue weighted by atomic mass is 9.86. The van der Waals surface area contributed by atoms with Gasteiger partial charge in [0, 0.05) is 119 Å². The Bertz CT molecular complexity index is 2590. The van der Waals surface area contributed by atoms with Crippen LogP contribution in [0.15, 0.2) is 48.6 Å². The molecule has 0 bridgehead atoms. The van der Waals surface area contributed by atoms with E-state index in [4.69, 9.17) is 14.6 Å². The first-order valence-corrected chi connectivity index (χ1v) is 43.6. The predicted molar refractivity (Wildman–Crippen MR) is 439 cm³/mol. The first kappa shape index (κ1) is 103. The Balaban J connectivity index is 0.000000722. The first-order chi connectivity index (χ1) is 52.7. The van der Waals surface area contributed by atoms with E-state index in [0.29, 0.717) is 144 Å². The molecule has 109 heavy (non-hydrogen) atoms. The normalized spacial score (nSPS) is 24.3. The Labute approximate surface area is 667 Å². The summed E-state index contributed by atoms with van der Waals surface area (Å²) in [5.41, 5.74) is 0. The highest BCUT2D eigenvalue weighted by Gasteiger charge is 2.49. The maximum atomic E-state index is 12.5. The van der Waals surface area contributed by atoms with Crippen LogP contribution in [0.2, 0.25) is 0 Å². The quantitative estimate of drug-likeness (QED) is 0.0124. The second kappa shape index (κ2) is 66.0. The molecule has 4 N–H and O–H groups in total. The van der Waals surface area contributed by atoms with Gasteiger partial charge in [0.1, 0.15) is 33.8 Å². The van der Waals surface area contributed by atoms with Crippen molar-refractivity contribution in [2.75, 3.05) is 62.0 Å². The van der Waals surface area contributed by atoms with Crippen LogP contribution in [0.3, 0.4) is 0 Å². The van der Waals surface area contributed by atoms with Gasteiger partial charge in [-0.3, -0.25) is 43.2 Å². The highest BCUT2D eigenvalue weighted by molar-refractivity contribution is 8.01. The zero-order valence-corrected chi connectivity index (χ0v) is 70.7. The average molecular weight is 1580 g/mol. The van der Waals surface area contributed by atoms with E-state index in [0.717, 1.165) is 181 Å². The summed E-state index contributed by atoms with van der Waals surface area (Å²) in [5, 5.41) is 38.8. The number of unbranched alkanes of at least 4 members (excludes halogenated alkanes) is 14. The van der Waals surface area contributed by atoms with Crippen molar-refractivity contribution in [3.8, 4) is 0 Å². The van der Waals surface area contributed by atoms with E-state index in [-0.39, 0.29) is 70.4 Å². The van der Waals surface area contributed by atoms with Crippen molar-refractivity contribution < 1.29 is 92.0 Å². The summed E-state index contributed by atoms with van der Waals surface area (Å²) in [6.45, 7) is 11.2. The van der Waals surface area contributed by atoms with Crippen molar-refractivity contribution in [3.63, 3.8) is 0 Å². The van der Waals surface area contributed by atoms with Crippen LogP contribution >= 0.6 is 24.4 Å². The Morgan fingerprint density at radius 3 is 1.40 bits per heavy atom. The number of methoxy groups -OCH3 is 4. The maximum absolute atomic E-state index is 12.5. The number of ketones is 5. The van der Waals surface area contributed by atoms with Crippen molar-refractivity contribution in [2.24, 2.45) is 47.3 Å². The standard InChI is InChI=1S/C24H44O6.2C21H34O4S.C21H34O4.CH4O/c1-3-4-5-8-11-15-29-17-18-30-16-14-21-20(22(25)19-23(21)26)12-9-6-7-10-13-24(27)28-2;1-3-4-9-13-21(24)14-12-17-16(18(22)15-19(17)26-21)10-7-5-6-8-11-20(23)25-2;1-3-4-7-10-16(22)13-14-18-17(19(23)15-20(18)26)11-8-5-6-9-12-21(24)25-2;1-3-4-7-10-18(22)15-13-17-14-16-20(23)19(17)11-8-5-6-9-12-21(24)25-2;1-2/h6,9,20-23,25-26H,3-5,7-8,10-19H2,1-2H3;5,7,16-17,19,24H,3-4,6,8-15H2,1-2H3;5,8,17-18,20,26H,3-4,6-7,9-15H2,1-2H3;5,8,17,19H,3-4,6-7,9-16H2,1-2H3;2H,1H3/b9-6-;7-5-;2*8-5-;/t20-,21?,22+,23-;16-,17-,19-,21?;17-,18?,20-;17?,19-;/m1111./s1. The minimum absolute atomic E-state index is 0.0159. The molecule has 5 aliphatic rings. The van der Waals surface area contributed by atoms with E-state index in [1.807, 2.05) is 18.2 Å². The van der Waals surface area contributed by atoms with Crippen molar-refractivity contribution in [3.05, 3.63) is 48.6 Å². The summed E-state index contributed by atoms with van der Waals surface area (Å²) in [7, 11) is 6.61. The molecule has 0 aromatic rings. The van der Waals surface area contributed by atoms with Crippen LogP contribution in [0.5, 0.6) is 0 Å². The number of esters is 4. The number of allylic oxidation sites excluding steroid dienone is 8. The monoisotopic (exact) mass is 1580 g/mol. The fourth-order valence-corrected chi connectivity index (χ4v) is 17.7. The van der Waals surface area contributed by atoms with Crippen LogP contribution in [0, 0.1) is 47.3 Å². The van der Waals surface area contributed by atoms with Crippen LogP contribution in [-0.2, 0) is 71.6 Å². The van der Waals surface area contributed by atoms with Gasteiger partial charge in [0.15, 0.2) is 0 Å². The molecule has 21 heteroatoms. The average Bonchev–Trinajstić information content (AvgIpc) is 1.65. The lowest BCUT2D eigenvalue weighted by Crippen LogP contribution is -2.36. The van der Waals surface area contributed by atoms with Gasteiger partial charge in [-0.15, -0.1) is 11.8 Å². The zero-order valence-electron chi connectivity index (χ0n) is 69.0. The van der Waals surface area contributed by atoms with E-state index < -0.39 is 17.1 Å². The number of carbonyl (C=O) groups excluding carboxylic acids is 9. The fraction of sp³-hybridized carbons (Fsp3) is 0.807. The van der Waals surface area contributed by atoms with Gasteiger partial charge in [0.25, 0.3) is 0 Å². The van der Waals surface area contributed by atoms with E-state index >= 15 is 0 Å². The Morgan fingerprint density at radius 1 is 0.450 bits per heavy atom. The Morgan fingerprint density at radius 2 is 0.890 bits per heavy atom. The zero-order chi connectivity index (χ0) is 80.9. The number of rotatable bonds is 54. The van der Waals surface area contributed by atoms with Gasteiger partial charge in [-0.05, 0) is 184 Å². The molecule has 4 saturated carbocycles. The van der Waals surface area contributed by atoms with Crippen LogP contribution in [0.4, 0.5) is 0 Å². The van der Waals surface area contributed by atoms with Crippen LogP contribution in [-0.4, -0.2) is 163 Å². The van der Waals surface area contributed by atoms with Gasteiger partial charge in [-0.2, -0.15) is 12.6 Å². The van der Waals surface area contributed by atoms with Gasteiger partial charge < -0.3 is 48.8 Å². The molecule has 4 aliphatic carbocycles. The van der Waals surface area contributed by atoms with E-state index in [2.05, 4.69) is 89.7 Å². The predicted octanol–water partition coefficient (Wildman–Crippen LogP) is 17.8. The van der Waals surface area contributed by atoms with E-state index in [1.165, 1.54) is 67.0 Å². The molecule has 5 rings (SSSR count). The third-order valence-electron chi connectivity index (χ3n) is 22.0. The number of Topliss-reactive ketones (excluding diaryl/α,β-unsaturated/α-hetero) is 5. The number of aliphatic hydroxyl groups excluding tert-OH is 3. The molecule has 5 fully saturated rings. The van der Waals surface area contributed by atoms with Gasteiger partial charge in [-0.25, -0.2) is 0 Å². The maximum Gasteiger partial charge on any atom is 0.305 e. The number of carbonyl (C=O) groups is 9. The van der Waals surface area contributed by atoms with Crippen molar-refractivity contribution in [1.82, 2.24) is 0 Å². The number of aliphatic hydroxyl groups is 4. The van der Waals surface area contributed by atoms with Crippen LogP contribution in [0.25, 0.3) is 0 Å². The van der Waals surface area contributed by atoms with Crippen molar-refractivity contribution in [2.45, 2.75) is 344 Å². The molecule has 0 radical (unpaired) electrons. The molecule has 0 aromatic carbocycles. The summed E-state index contributed by atoms with van der Waals surface area (Å²) in [4.78, 5) is 104. The molecular weight excluding hydrogens is 1430 g/mol. The summed E-state index contributed by atoms with van der Waals surface area (Å²) in [6, 6.07) is 0. The minimum atomic E-state index is -0.616. The smallest absolute Gasteiger partial charge is 0.305 e. The first-order valence-electron chi connectivity index (χ1n) is 42.2. The van der Waals surface area contributed by atoms with Crippen LogP contribution < -0.4 is 0 Å². The topological polar surface area (TPSA) is 290 Å². The number of thiol groups is 1. The number of hydrogen-bond acceptors (Lipinski definition) is 21. The molecule has 0 spiro atoms. The third-order valence-corrected chi connectivity index (χ3v) is 24.2. The van der Waals surface area contributed by atoms with E-state index in [1.54, 1.807) is 11.8 Å². The lowest BCUT2D eigenvalue weighted by Gasteiger charge is -2.39. The molecule has 1 saturated heterocycles. The largest absolute Gasteiger partial charge is 0.469 e. The number of ether oxygens (including phenoxy) is 6. The van der Waals surface area contributed by atoms with Gasteiger partial charge in [0.05, 0.1) is 53.9 Å². The van der Waals surface area contributed by atoms with Gasteiger partial charge in [0.2, 0.25) is 0 Å². The van der Waals surface area contributed by atoms with E-state index in [9.17, 15) is 58.5 Å². The minimum Gasteiger partial charge on any atom is -0.469 e. The molecule has 4 unspecified atom stereocenters. The number of hydrogen-bond donors (Lipinski definition) is 5. The summed E-state index contributed by atoms with van der Waals surface area (Å²) in [5.74, 6) is 2.20. The highest BCUT2D eigenvalue weighted by atomic mass is 32.2. The number of fused-ring (bicyclic) bond motifs is 1.